The SMILES string of the molecule is Cc1ccc(S(=O)(=O)Nc2ccc(C(=O)N3CCC[C@H](C)C3)cc2Cl)cc1. The van der Waals surface area contributed by atoms with Crippen LogP contribution in [0.25, 0.3) is 0 Å². The second-order valence-corrected chi connectivity index (χ2v) is 9.20. The topological polar surface area (TPSA) is 66.5 Å². The van der Waals surface area contributed by atoms with Crippen LogP contribution >= 0.6 is 11.6 Å². The molecule has 1 saturated heterocycles. The van der Waals surface area contributed by atoms with Gasteiger partial charge in [0.15, 0.2) is 0 Å². The molecule has 1 N–H and O–H groups in total. The number of sulfonamides is 1. The van der Waals surface area contributed by atoms with E-state index in [1.807, 2.05) is 11.8 Å². The fourth-order valence-electron chi connectivity index (χ4n) is 3.21. The van der Waals surface area contributed by atoms with E-state index in [0.29, 0.717) is 11.5 Å². The van der Waals surface area contributed by atoms with Crippen LogP contribution in [0.3, 0.4) is 0 Å². The predicted molar refractivity (Wildman–Crippen MR) is 108 cm³/mol. The number of nitrogens with zero attached hydrogens (tertiary/aromatic N) is 1. The Morgan fingerprint density at radius 1 is 1.19 bits per heavy atom. The van der Waals surface area contributed by atoms with Crippen LogP contribution in [0.2, 0.25) is 5.02 Å². The largest absolute Gasteiger partial charge is 0.338 e. The Balaban J connectivity index is 1.78. The first-order valence-electron chi connectivity index (χ1n) is 8.94. The number of nitrogens with one attached hydrogen (secondary N) is 1. The summed E-state index contributed by atoms with van der Waals surface area (Å²) in [7, 11) is -3.74. The molecule has 7 heteroatoms. The molecule has 0 unspecified atom stereocenters. The number of halogens is 1. The van der Waals surface area contributed by atoms with Crippen molar-refractivity contribution in [3.05, 3.63) is 58.6 Å². The highest BCUT2D eigenvalue weighted by atomic mass is 35.5. The minimum atomic E-state index is -3.74. The van der Waals surface area contributed by atoms with Gasteiger partial charge in [0, 0.05) is 18.7 Å². The highest BCUT2D eigenvalue weighted by Crippen LogP contribution is 2.27. The molecule has 1 aliphatic rings. The molecule has 5 nitrogen and oxygen atoms in total. The number of piperidine rings is 1. The standard InChI is InChI=1S/C20H23ClN2O3S/c1-14-5-8-17(9-6-14)27(25,26)22-19-10-7-16(12-18(19)21)20(24)23-11-3-4-15(2)13-23/h5-10,12,15,22H,3-4,11,13H2,1-2H3/t15-/m0/s1. The van der Waals surface area contributed by atoms with Crippen LogP contribution in [-0.4, -0.2) is 32.3 Å². The van der Waals surface area contributed by atoms with Crippen LogP contribution < -0.4 is 4.72 Å². The number of rotatable bonds is 4. The molecule has 144 valence electrons. The number of aryl methyl sites for hydroxylation is 1. The Kier molecular flexibility index (Phi) is 5.77. The van der Waals surface area contributed by atoms with Gasteiger partial charge in [-0.25, -0.2) is 8.42 Å². The van der Waals surface area contributed by atoms with E-state index in [0.717, 1.165) is 31.5 Å². The molecule has 0 spiro atoms. The van der Waals surface area contributed by atoms with Crippen molar-refractivity contribution in [3.8, 4) is 0 Å². The van der Waals surface area contributed by atoms with Gasteiger partial charge in [-0.15, -0.1) is 0 Å². The number of carbonyl (C=O) groups is 1. The van der Waals surface area contributed by atoms with Gasteiger partial charge >= 0.3 is 0 Å². The van der Waals surface area contributed by atoms with Crippen molar-refractivity contribution in [2.45, 2.75) is 31.6 Å². The Labute approximate surface area is 165 Å². The van der Waals surface area contributed by atoms with Gasteiger partial charge in [0.25, 0.3) is 15.9 Å². The summed E-state index contributed by atoms with van der Waals surface area (Å²) in [6.45, 7) is 5.50. The Morgan fingerprint density at radius 3 is 2.52 bits per heavy atom. The first-order chi connectivity index (χ1) is 12.8. The summed E-state index contributed by atoms with van der Waals surface area (Å²) in [5, 5.41) is 0.196. The highest BCUT2D eigenvalue weighted by molar-refractivity contribution is 7.92. The quantitative estimate of drug-likeness (QED) is 0.822. The Bertz CT molecular complexity index is 942. The van der Waals surface area contributed by atoms with E-state index in [9.17, 15) is 13.2 Å². The monoisotopic (exact) mass is 406 g/mol. The van der Waals surface area contributed by atoms with Crippen LogP contribution in [0.1, 0.15) is 35.7 Å². The molecule has 1 amide bonds. The van der Waals surface area contributed by atoms with E-state index in [-0.39, 0.29) is 21.5 Å². The van der Waals surface area contributed by atoms with Crippen molar-refractivity contribution in [2.75, 3.05) is 17.8 Å². The average Bonchev–Trinajstić information content (AvgIpc) is 2.63. The molecule has 2 aromatic carbocycles. The average molecular weight is 407 g/mol. The number of benzene rings is 2. The number of carbonyl (C=O) groups excluding carboxylic acids is 1. The zero-order valence-corrected chi connectivity index (χ0v) is 17.0. The van der Waals surface area contributed by atoms with Crippen molar-refractivity contribution in [2.24, 2.45) is 5.92 Å². The molecule has 1 fully saturated rings. The fraction of sp³-hybridized carbons (Fsp3) is 0.350. The molecule has 2 aromatic rings. The summed E-state index contributed by atoms with van der Waals surface area (Å²) in [4.78, 5) is 14.7. The van der Waals surface area contributed by atoms with E-state index in [1.54, 1.807) is 30.3 Å². The lowest BCUT2D eigenvalue weighted by Crippen LogP contribution is -2.39. The molecule has 0 radical (unpaired) electrons. The molecule has 0 bridgehead atoms. The second-order valence-electron chi connectivity index (χ2n) is 7.11. The molecular formula is C20H23ClN2O3S. The van der Waals surface area contributed by atoms with Crippen molar-refractivity contribution in [1.82, 2.24) is 4.90 Å². The van der Waals surface area contributed by atoms with Crippen LogP contribution in [0.15, 0.2) is 47.4 Å². The lowest BCUT2D eigenvalue weighted by atomic mass is 9.99. The van der Waals surface area contributed by atoms with Gasteiger partial charge in [0.05, 0.1) is 15.6 Å². The predicted octanol–water partition coefficient (Wildman–Crippen LogP) is 4.32. The summed E-state index contributed by atoms with van der Waals surface area (Å²) in [6.07, 6.45) is 2.12. The Hall–Kier alpha value is -2.05. The maximum absolute atomic E-state index is 12.7. The lowest BCUT2D eigenvalue weighted by Gasteiger charge is -2.31. The lowest BCUT2D eigenvalue weighted by molar-refractivity contribution is 0.0683. The molecule has 3 rings (SSSR count). The van der Waals surface area contributed by atoms with Crippen LogP contribution in [0, 0.1) is 12.8 Å². The van der Waals surface area contributed by atoms with Crippen molar-refractivity contribution >= 4 is 33.2 Å². The minimum Gasteiger partial charge on any atom is -0.338 e. The minimum absolute atomic E-state index is 0.0728. The normalized spacial score (nSPS) is 17.6. The van der Waals surface area contributed by atoms with E-state index >= 15 is 0 Å². The summed E-state index contributed by atoms with van der Waals surface area (Å²) in [6, 6.07) is 11.2. The molecule has 1 heterocycles. The highest BCUT2D eigenvalue weighted by Gasteiger charge is 2.23. The van der Waals surface area contributed by atoms with Gasteiger partial charge in [-0.05, 0) is 56.0 Å². The van der Waals surface area contributed by atoms with E-state index < -0.39 is 10.0 Å². The zero-order chi connectivity index (χ0) is 19.6. The first kappa shape index (κ1) is 19.7. The third-order valence-corrected chi connectivity index (χ3v) is 6.43. The van der Waals surface area contributed by atoms with E-state index in [4.69, 9.17) is 11.6 Å². The van der Waals surface area contributed by atoms with Crippen molar-refractivity contribution in [1.29, 1.82) is 0 Å². The van der Waals surface area contributed by atoms with Gasteiger partial charge in [-0.2, -0.15) is 0 Å². The van der Waals surface area contributed by atoms with Gasteiger partial charge in [-0.1, -0.05) is 36.2 Å². The fourth-order valence-corrected chi connectivity index (χ4v) is 4.57. The molecule has 27 heavy (non-hydrogen) atoms. The maximum atomic E-state index is 12.7. The third-order valence-electron chi connectivity index (χ3n) is 4.74. The first-order valence-corrected chi connectivity index (χ1v) is 10.8. The smallest absolute Gasteiger partial charge is 0.261 e. The number of likely N-dealkylation sites (tertiary alicyclic amines) is 1. The molecule has 0 saturated carbocycles. The van der Waals surface area contributed by atoms with Gasteiger partial charge in [-0.3, -0.25) is 9.52 Å². The van der Waals surface area contributed by atoms with Crippen LogP contribution in [0.4, 0.5) is 5.69 Å². The van der Waals surface area contributed by atoms with Crippen LogP contribution in [0.5, 0.6) is 0 Å². The summed E-state index contributed by atoms with van der Waals surface area (Å²) in [5.74, 6) is 0.412. The Morgan fingerprint density at radius 2 is 1.89 bits per heavy atom. The van der Waals surface area contributed by atoms with E-state index in [1.165, 1.54) is 12.1 Å². The molecule has 0 aromatic heterocycles. The number of amides is 1. The van der Waals surface area contributed by atoms with Gasteiger partial charge in [0.1, 0.15) is 0 Å². The molecule has 1 aliphatic heterocycles. The summed E-state index contributed by atoms with van der Waals surface area (Å²) < 4.78 is 27.5. The third kappa shape index (κ3) is 4.62. The maximum Gasteiger partial charge on any atom is 0.261 e. The molecule has 1 atom stereocenters. The van der Waals surface area contributed by atoms with E-state index in [2.05, 4.69) is 11.6 Å². The van der Waals surface area contributed by atoms with Crippen molar-refractivity contribution < 1.29 is 13.2 Å². The zero-order valence-electron chi connectivity index (χ0n) is 15.4. The second kappa shape index (κ2) is 7.90. The number of hydrogen-bond acceptors (Lipinski definition) is 3. The van der Waals surface area contributed by atoms with Crippen LogP contribution in [-0.2, 0) is 10.0 Å². The summed E-state index contributed by atoms with van der Waals surface area (Å²) >= 11 is 6.26. The van der Waals surface area contributed by atoms with Crippen molar-refractivity contribution in [3.63, 3.8) is 0 Å². The van der Waals surface area contributed by atoms with Gasteiger partial charge < -0.3 is 4.90 Å². The van der Waals surface area contributed by atoms with Gasteiger partial charge in [0.2, 0.25) is 0 Å². The molecular weight excluding hydrogens is 384 g/mol. The number of hydrogen-bond donors (Lipinski definition) is 1. The molecule has 0 aliphatic carbocycles. The summed E-state index contributed by atoms with van der Waals surface area (Å²) in [5.41, 5.74) is 1.69. The number of anilines is 1.